The zero-order valence-electron chi connectivity index (χ0n) is 10.9. The molecule has 0 spiro atoms. The van der Waals surface area contributed by atoms with Crippen molar-refractivity contribution in [1.82, 2.24) is 0 Å². The molecule has 109 valence electrons. The van der Waals surface area contributed by atoms with Crippen LogP contribution in [0.1, 0.15) is 0 Å². The molecule has 0 aromatic carbocycles. The zero-order chi connectivity index (χ0) is 14.3. The summed E-state index contributed by atoms with van der Waals surface area (Å²) >= 11 is 0.610. The summed E-state index contributed by atoms with van der Waals surface area (Å²) in [6, 6.07) is 0. The van der Waals surface area contributed by atoms with Gasteiger partial charge in [-0.05, 0) is 0 Å². The van der Waals surface area contributed by atoms with E-state index >= 15 is 0 Å². The van der Waals surface area contributed by atoms with Gasteiger partial charge in [-0.25, -0.2) is 0 Å². The minimum absolute atomic E-state index is 0.0323. The van der Waals surface area contributed by atoms with E-state index in [0.717, 1.165) is 0 Å². The number of methoxy groups -OCH3 is 1. The van der Waals surface area contributed by atoms with Gasteiger partial charge in [0.15, 0.2) is 0 Å². The van der Waals surface area contributed by atoms with Crippen molar-refractivity contribution in [1.29, 1.82) is 0 Å². The van der Waals surface area contributed by atoms with Crippen LogP contribution in [-0.4, -0.2) is 117 Å². The third-order valence-corrected chi connectivity index (χ3v) is 10.2. The Morgan fingerprint density at radius 2 is 2.05 bits per heavy atom. The second-order valence-corrected chi connectivity index (χ2v) is 11.9. The van der Waals surface area contributed by atoms with Gasteiger partial charge in [-0.2, -0.15) is 0 Å². The third-order valence-electron chi connectivity index (χ3n) is 2.58. The summed E-state index contributed by atoms with van der Waals surface area (Å²) in [5.41, 5.74) is 0. The average molecular weight is 485 g/mol. The van der Waals surface area contributed by atoms with Crippen LogP contribution in [0.3, 0.4) is 0 Å². The maximum atomic E-state index is 9.50. The van der Waals surface area contributed by atoms with Crippen LogP contribution in [0.25, 0.3) is 0 Å². The molecule has 10 heteroatoms. The molecule has 2 N–H and O–H groups in total. The molecule has 7 nitrogen and oxygen atoms in total. The monoisotopic (exact) mass is 487 g/mol. The van der Waals surface area contributed by atoms with Gasteiger partial charge in [-0.3, -0.25) is 0 Å². The van der Waals surface area contributed by atoms with Crippen LogP contribution >= 0.6 is 8.60 Å². The van der Waals surface area contributed by atoms with Crippen molar-refractivity contribution in [3.05, 3.63) is 0 Å². The molecular formula is C9H18BaO7PSe. The molecule has 0 aliphatic carbocycles. The molecule has 1 aliphatic rings. The first kappa shape index (κ1) is 19.3. The van der Waals surface area contributed by atoms with Crippen LogP contribution in [0, 0.1) is 0 Å². The molecule has 0 amide bonds. The van der Waals surface area contributed by atoms with Gasteiger partial charge in [0.25, 0.3) is 0 Å². The van der Waals surface area contributed by atoms with Crippen molar-refractivity contribution in [2.45, 2.75) is 23.3 Å². The van der Waals surface area contributed by atoms with E-state index in [9.17, 15) is 10.00 Å². The van der Waals surface area contributed by atoms with E-state index in [-0.39, 0.29) is 17.7 Å². The van der Waals surface area contributed by atoms with E-state index in [1.54, 1.807) is 7.11 Å². The Bertz CT molecular complexity index is 253. The van der Waals surface area contributed by atoms with Crippen molar-refractivity contribution in [2.75, 3.05) is 34.0 Å². The first-order chi connectivity index (χ1) is 9.17. The first-order valence-corrected chi connectivity index (χ1v) is 18.4. The second-order valence-electron chi connectivity index (χ2n) is 3.71. The van der Waals surface area contributed by atoms with E-state index < -0.39 is 20.8 Å². The molecule has 1 rings (SSSR count). The molecule has 1 radical (unpaired) electrons. The Labute approximate surface area is 146 Å². The fourth-order valence-electron chi connectivity index (χ4n) is 1.69. The van der Waals surface area contributed by atoms with Gasteiger partial charge < -0.3 is 0 Å². The van der Waals surface area contributed by atoms with Crippen molar-refractivity contribution < 1.29 is 33.3 Å². The van der Waals surface area contributed by atoms with Crippen LogP contribution in [0.4, 0.5) is 0 Å². The van der Waals surface area contributed by atoms with Crippen molar-refractivity contribution in [2.24, 2.45) is 0 Å². The number of aliphatic hydroxyl groups is 1. The SMILES string of the molecule is COCCOC1C([Se][Ba])OC(CO)C1OP(O)OC. The van der Waals surface area contributed by atoms with Gasteiger partial charge in [0.2, 0.25) is 0 Å². The number of ether oxygens (including phenoxy) is 3. The third kappa shape index (κ3) is 6.10. The average Bonchev–Trinajstić information content (AvgIpc) is 2.76. The van der Waals surface area contributed by atoms with Crippen molar-refractivity contribution in [3.8, 4) is 0 Å². The van der Waals surface area contributed by atoms with Gasteiger partial charge in [-0.1, -0.05) is 0 Å². The fraction of sp³-hybridized carbons (Fsp3) is 1.00. The summed E-state index contributed by atoms with van der Waals surface area (Å²) in [6.45, 7) is 0.748. The summed E-state index contributed by atoms with van der Waals surface area (Å²) in [4.78, 5) is 9.50. The van der Waals surface area contributed by atoms with Crippen LogP contribution < -0.4 is 0 Å². The zero-order valence-corrected chi connectivity index (χ0v) is 18.0. The number of hydrogen-bond donors (Lipinski definition) is 2. The molecule has 1 fully saturated rings. The normalized spacial score (nSPS) is 32.6. The molecule has 0 aromatic heterocycles. The molecular weight excluding hydrogens is 467 g/mol. The summed E-state index contributed by atoms with van der Waals surface area (Å²) < 4.78 is 26.6. The topological polar surface area (TPSA) is 86.6 Å². The molecule has 19 heavy (non-hydrogen) atoms. The summed E-state index contributed by atoms with van der Waals surface area (Å²) in [5.74, 6) is 0. The van der Waals surface area contributed by atoms with Gasteiger partial charge in [0.05, 0.1) is 0 Å². The molecule has 1 saturated heterocycles. The number of rotatable bonds is 9. The first-order valence-electron chi connectivity index (χ1n) is 5.65. The Morgan fingerprint density at radius 3 is 2.58 bits per heavy atom. The second kappa shape index (κ2) is 10.9. The Hall–Kier alpha value is 2.24. The van der Waals surface area contributed by atoms with E-state index in [0.29, 0.717) is 62.5 Å². The number of hydrogen-bond acceptors (Lipinski definition) is 7. The molecule has 0 bridgehead atoms. The molecule has 5 unspecified atom stereocenters. The quantitative estimate of drug-likeness (QED) is 0.240. The predicted molar refractivity (Wildman–Crippen MR) is 69.9 cm³/mol. The van der Waals surface area contributed by atoms with Crippen LogP contribution in [0.5, 0.6) is 0 Å². The van der Waals surface area contributed by atoms with E-state index in [1.165, 1.54) is 7.11 Å². The van der Waals surface area contributed by atoms with Gasteiger partial charge in [0.1, 0.15) is 0 Å². The summed E-state index contributed by atoms with van der Waals surface area (Å²) in [5, 5.41) is 9.31. The molecule has 0 saturated carbocycles. The maximum absolute atomic E-state index is 9.50. The Kier molecular flexibility index (Phi) is 11.0. The van der Waals surface area contributed by atoms with E-state index in [1.807, 2.05) is 0 Å². The fourth-order valence-corrected chi connectivity index (χ4v) is 7.97. The number of aliphatic hydroxyl groups excluding tert-OH is 1. The predicted octanol–water partition coefficient (Wildman–Crippen LogP) is -1.23. The Balaban J connectivity index is 2.65. The van der Waals surface area contributed by atoms with Crippen LogP contribution in [0.15, 0.2) is 0 Å². The standard InChI is InChI=1S/C9H19O7PSe.Ba/c1-12-3-4-14-8-7(16-17(11)13-2)6(5-10)15-9(8)18;/h6-11,18H,3-5H2,1-2H3;/q;+1/p-1. The molecule has 0 aromatic rings. The molecule has 5 atom stereocenters. The minimum atomic E-state index is -1.97. The summed E-state index contributed by atoms with van der Waals surface area (Å²) in [6.07, 6.45) is -0.894. The van der Waals surface area contributed by atoms with Crippen LogP contribution in [0.2, 0.25) is 0 Å². The van der Waals surface area contributed by atoms with Gasteiger partial charge >= 0.3 is 148 Å². The van der Waals surface area contributed by atoms with E-state index in [2.05, 4.69) is 0 Å². The van der Waals surface area contributed by atoms with Crippen LogP contribution in [-0.2, 0) is 23.3 Å². The van der Waals surface area contributed by atoms with Gasteiger partial charge in [-0.15, -0.1) is 0 Å². The summed E-state index contributed by atoms with van der Waals surface area (Å²) in [7, 11) is 1.00. The van der Waals surface area contributed by atoms with Gasteiger partial charge in [0, 0.05) is 0 Å². The van der Waals surface area contributed by atoms with Crippen molar-refractivity contribution >= 4 is 57.8 Å². The molecule has 1 heterocycles. The van der Waals surface area contributed by atoms with E-state index in [4.69, 9.17) is 23.3 Å². The Morgan fingerprint density at radius 1 is 1.32 bits per heavy atom. The van der Waals surface area contributed by atoms with Crippen molar-refractivity contribution in [3.63, 3.8) is 0 Å². The molecule has 1 aliphatic heterocycles.